The van der Waals surface area contributed by atoms with Crippen LogP contribution in [0, 0.1) is 0 Å². The zero-order valence-corrected chi connectivity index (χ0v) is 8.62. The van der Waals surface area contributed by atoms with Crippen LogP contribution in [-0.2, 0) is 14.3 Å². The number of aliphatic hydroxyl groups is 1. The number of carbonyl (C=O) groups excluding carboxylic acids is 1. The number of nitrogens with one attached hydrogen (secondary N) is 1. The maximum absolute atomic E-state index is 11.0. The van der Waals surface area contributed by atoms with Crippen LogP contribution < -0.4 is 5.32 Å². The summed E-state index contributed by atoms with van der Waals surface area (Å²) in [5.74, 6) is -0.0469. The molecule has 0 fully saturated rings. The lowest BCUT2D eigenvalue weighted by atomic mass is 10.3. The van der Waals surface area contributed by atoms with Crippen molar-refractivity contribution in [3.05, 3.63) is 0 Å². The van der Waals surface area contributed by atoms with Gasteiger partial charge in [-0.3, -0.25) is 4.79 Å². The maximum Gasteiger partial charge on any atom is 0.220 e. The number of rotatable bonds is 9. The molecule has 0 saturated heterocycles. The Bertz CT molecular complexity index is 141. The lowest BCUT2D eigenvalue weighted by Gasteiger charge is -2.05. The van der Waals surface area contributed by atoms with Gasteiger partial charge in [-0.25, -0.2) is 0 Å². The average Bonchev–Trinajstić information content (AvgIpc) is 2.20. The predicted molar refractivity (Wildman–Crippen MR) is 52.0 cm³/mol. The normalized spacial score (nSPS) is 10.1. The van der Waals surface area contributed by atoms with Gasteiger partial charge in [0.2, 0.25) is 5.91 Å². The molecule has 0 saturated carbocycles. The van der Waals surface area contributed by atoms with E-state index in [1.54, 1.807) is 7.11 Å². The minimum atomic E-state index is -0.0469. The highest BCUT2D eigenvalue weighted by Crippen LogP contribution is 1.85. The first kappa shape index (κ1) is 13.4. The molecule has 1 amide bonds. The highest BCUT2D eigenvalue weighted by Gasteiger charge is 1.98. The van der Waals surface area contributed by atoms with Gasteiger partial charge in [0, 0.05) is 26.7 Å². The molecular weight excluding hydrogens is 186 g/mol. The molecule has 0 aliphatic rings. The van der Waals surface area contributed by atoms with E-state index in [1.165, 1.54) is 0 Å². The van der Waals surface area contributed by atoms with E-state index in [0.29, 0.717) is 39.2 Å². The second-order valence-corrected chi connectivity index (χ2v) is 2.78. The molecule has 0 aliphatic heterocycles. The molecule has 0 spiro atoms. The van der Waals surface area contributed by atoms with E-state index in [-0.39, 0.29) is 12.5 Å². The molecule has 0 aromatic rings. The average molecular weight is 205 g/mol. The molecule has 0 atom stereocenters. The van der Waals surface area contributed by atoms with Crippen LogP contribution in [-0.4, -0.2) is 51.1 Å². The zero-order valence-electron chi connectivity index (χ0n) is 8.62. The first-order chi connectivity index (χ1) is 6.81. The summed E-state index contributed by atoms with van der Waals surface area (Å²) >= 11 is 0. The summed E-state index contributed by atoms with van der Waals surface area (Å²) < 4.78 is 9.92. The van der Waals surface area contributed by atoms with Gasteiger partial charge in [0.1, 0.15) is 0 Å². The summed E-state index contributed by atoms with van der Waals surface area (Å²) in [6.07, 6.45) is 0.880. The monoisotopic (exact) mass is 205 g/mol. The molecule has 0 unspecified atom stereocenters. The Balaban J connectivity index is 3.07. The number of amides is 1. The quantitative estimate of drug-likeness (QED) is 0.500. The highest BCUT2D eigenvalue weighted by atomic mass is 16.5. The second-order valence-electron chi connectivity index (χ2n) is 2.78. The van der Waals surface area contributed by atoms with Crippen LogP contribution in [0.5, 0.6) is 0 Å². The van der Waals surface area contributed by atoms with Gasteiger partial charge in [-0.2, -0.15) is 0 Å². The van der Waals surface area contributed by atoms with Gasteiger partial charge >= 0.3 is 0 Å². The van der Waals surface area contributed by atoms with Crippen molar-refractivity contribution in [3.63, 3.8) is 0 Å². The van der Waals surface area contributed by atoms with Gasteiger partial charge in [-0.1, -0.05) is 0 Å². The molecule has 14 heavy (non-hydrogen) atoms. The first-order valence-electron chi connectivity index (χ1n) is 4.75. The molecule has 2 N–H and O–H groups in total. The fourth-order valence-corrected chi connectivity index (χ4v) is 0.835. The van der Waals surface area contributed by atoms with E-state index in [9.17, 15) is 4.79 Å². The Hall–Kier alpha value is -0.650. The van der Waals surface area contributed by atoms with Gasteiger partial charge in [0.25, 0.3) is 0 Å². The number of ether oxygens (including phenoxy) is 2. The van der Waals surface area contributed by atoms with Crippen LogP contribution in [0.4, 0.5) is 0 Å². The van der Waals surface area contributed by atoms with Crippen molar-refractivity contribution in [1.29, 1.82) is 0 Å². The fourth-order valence-electron chi connectivity index (χ4n) is 0.835. The molecular formula is C9H19NO4. The largest absolute Gasteiger partial charge is 0.396 e. The molecule has 5 nitrogen and oxygen atoms in total. The third-order valence-corrected chi connectivity index (χ3v) is 1.56. The fraction of sp³-hybridized carbons (Fsp3) is 0.889. The SMILES string of the molecule is COCCOCCNC(=O)CCCO. The number of carbonyl (C=O) groups is 1. The van der Waals surface area contributed by atoms with Gasteiger partial charge in [-0.15, -0.1) is 0 Å². The Kier molecular flexibility index (Phi) is 9.95. The van der Waals surface area contributed by atoms with Crippen molar-refractivity contribution in [1.82, 2.24) is 5.32 Å². The molecule has 0 aromatic carbocycles. The van der Waals surface area contributed by atoms with Crippen LogP contribution in [0.15, 0.2) is 0 Å². The minimum Gasteiger partial charge on any atom is -0.396 e. The number of hydrogen-bond donors (Lipinski definition) is 2. The van der Waals surface area contributed by atoms with E-state index in [0.717, 1.165) is 0 Å². The van der Waals surface area contributed by atoms with Gasteiger partial charge < -0.3 is 19.9 Å². The van der Waals surface area contributed by atoms with Crippen molar-refractivity contribution in [2.24, 2.45) is 0 Å². The lowest BCUT2D eigenvalue weighted by molar-refractivity contribution is -0.121. The van der Waals surface area contributed by atoms with Crippen LogP contribution >= 0.6 is 0 Å². The van der Waals surface area contributed by atoms with Crippen LogP contribution in [0.1, 0.15) is 12.8 Å². The van der Waals surface area contributed by atoms with E-state index < -0.39 is 0 Å². The number of hydrogen-bond acceptors (Lipinski definition) is 4. The molecule has 0 bridgehead atoms. The van der Waals surface area contributed by atoms with Gasteiger partial charge in [0.15, 0.2) is 0 Å². The summed E-state index contributed by atoms with van der Waals surface area (Å²) in [6.45, 7) is 2.17. The van der Waals surface area contributed by atoms with Crippen molar-refractivity contribution in [2.45, 2.75) is 12.8 Å². The van der Waals surface area contributed by atoms with E-state index in [1.807, 2.05) is 0 Å². The van der Waals surface area contributed by atoms with Crippen molar-refractivity contribution in [2.75, 3.05) is 40.1 Å². The summed E-state index contributed by atoms with van der Waals surface area (Å²) in [5, 5.41) is 11.1. The molecule has 0 radical (unpaired) electrons. The molecule has 5 heteroatoms. The Morgan fingerprint density at radius 2 is 2.14 bits per heavy atom. The first-order valence-corrected chi connectivity index (χ1v) is 4.75. The van der Waals surface area contributed by atoms with Crippen molar-refractivity contribution < 1.29 is 19.4 Å². The van der Waals surface area contributed by atoms with E-state index in [4.69, 9.17) is 14.6 Å². The minimum absolute atomic E-state index is 0.0469. The summed E-state index contributed by atoms with van der Waals surface area (Å²) in [5.41, 5.74) is 0. The Labute approximate surface area is 84.4 Å². The smallest absolute Gasteiger partial charge is 0.220 e. The van der Waals surface area contributed by atoms with E-state index >= 15 is 0 Å². The van der Waals surface area contributed by atoms with Crippen molar-refractivity contribution in [3.8, 4) is 0 Å². The maximum atomic E-state index is 11.0. The topological polar surface area (TPSA) is 67.8 Å². The third-order valence-electron chi connectivity index (χ3n) is 1.56. The van der Waals surface area contributed by atoms with Crippen molar-refractivity contribution >= 4 is 5.91 Å². The van der Waals surface area contributed by atoms with Crippen LogP contribution in [0.25, 0.3) is 0 Å². The predicted octanol–water partition coefficient (Wildman–Crippen LogP) is -0.462. The summed E-state index contributed by atoms with van der Waals surface area (Å²) in [7, 11) is 1.61. The van der Waals surface area contributed by atoms with Gasteiger partial charge in [0.05, 0.1) is 19.8 Å². The second kappa shape index (κ2) is 10.4. The lowest BCUT2D eigenvalue weighted by Crippen LogP contribution is -2.27. The van der Waals surface area contributed by atoms with E-state index in [2.05, 4.69) is 5.32 Å². The number of methoxy groups -OCH3 is 1. The molecule has 84 valence electrons. The highest BCUT2D eigenvalue weighted by molar-refractivity contribution is 5.75. The summed E-state index contributed by atoms with van der Waals surface area (Å²) in [6, 6.07) is 0. The van der Waals surface area contributed by atoms with Crippen LogP contribution in [0.2, 0.25) is 0 Å². The molecule has 0 aromatic heterocycles. The molecule has 0 rings (SSSR count). The standard InChI is InChI=1S/C9H19NO4/c1-13-7-8-14-6-4-10-9(12)3-2-5-11/h11H,2-8H2,1H3,(H,10,12). The molecule has 0 aliphatic carbocycles. The number of aliphatic hydroxyl groups excluding tert-OH is 1. The zero-order chi connectivity index (χ0) is 10.6. The Morgan fingerprint density at radius 1 is 1.36 bits per heavy atom. The third kappa shape index (κ3) is 9.44. The molecule has 0 heterocycles. The Morgan fingerprint density at radius 3 is 2.79 bits per heavy atom. The summed E-state index contributed by atoms with van der Waals surface area (Å²) in [4.78, 5) is 11.0. The van der Waals surface area contributed by atoms with Crippen LogP contribution in [0.3, 0.4) is 0 Å². The van der Waals surface area contributed by atoms with Gasteiger partial charge in [-0.05, 0) is 6.42 Å².